The third-order valence-corrected chi connectivity index (χ3v) is 12.6. The summed E-state index contributed by atoms with van der Waals surface area (Å²) in [7, 11) is 0. The van der Waals surface area contributed by atoms with Crippen molar-refractivity contribution in [2.24, 2.45) is 0 Å². The van der Waals surface area contributed by atoms with E-state index in [1.807, 2.05) is 0 Å². The number of unbranched alkanes of at least 4 members (excludes halogenated alkanes) is 28. The molecule has 0 heterocycles. The predicted octanol–water partition coefficient (Wildman–Crippen LogP) is 19.9. The molecule has 0 N–H and O–H groups in total. The highest BCUT2D eigenvalue weighted by atomic mass is 16.6. The zero-order valence-corrected chi connectivity index (χ0v) is 46.0. The average Bonchev–Trinajstić information content (AvgIpc) is 3.36. The summed E-state index contributed by atoms with van der Waals surface area (Å²) in [6, 6.07) is 0. The Hall–Kier alpha value is -3.41. The van der Waals surface area contributed by atoms with E-state index in [0.717, 1.165) is 122 Å². The Balaban J connectivity index is 4.33. The topological polar surface area (TPSA) is 78.9 Å². The number of esters is 3. The molecular weight excluding hydrogens is 865 g/mol. The number of rotatable bonds is 53. The smallest absolute Gasteiger partial charge is 0.306 e. The van der Waals surface area contributed by atoms with Crippen LogP contribution >= 0.6 is 0 Å². The number of ether oxygens (including phenoxy) is 3. The van der Waals surface area contributed by atoms with Crippen LogP contribution in [0.1, 0.15) is 284 Å². The van der Waals surface area contributed by atoms with Crippen molar-refractivity contribution in [3.8, 4) is 0 Å². The Bertz CT molecular complexity index is 1350. The van der Waals surface area contributed by atoms with Crippen LogP contribution in [0.4, 0.5) is 0 Å². The zero-order chi connectivity index (χ0) is 50.7. The van der Waals surface area contributed by atoms with Gasteiger partial charge in [-0.25, -0.2) is 0 Å². The second-order valence-electron chi connectivity index (χ2n) is 19.5. The van der Waals surface area contributed by atoms with Crippen molar-refractivity contribution in [3.63, 3.8) is 0 Å². The number of allylic oxidation sites excluding steroid dienone is 14. The van der Waals surface area contributed by atoms with E-state index in [2.05, 4.69) is 106 Å². The molecule has 6 heteroatoms. The van der Waals surface area contributed by atoms with Crippen molar-refractivity contribution in [3.05, 3.63) is 85.1 Å². The van der Waals surface area contributed by atoms with E-state index in [0.29, 0.717) is 19.3 Å². The van der Waals surface area contributed by atoms with Crippen molar-refractivity contribution >= 4 is 17.9 Å². The Morgan fingerprint density at radius 2 is 0.543 bits per heavy atom. The molecule has 0 aliphatic carbocycles. The quantitative estimate of drug-likeness (QED) is 0.0261. The molecule has 1 atom stereocenters. The normalized spacial score (nSPS) is 12.7. The van der Waals surface area contributed by atoms with Gasteiger partial charge in [0.25, 0.3) is 0 Å². The maximum Gasteiger partial charge on any atom is 0.306 e. The highest BCUT2D eigenvalue weighted by Gasteiger charge is 2.19. The molecule has 0 radical (unpaired) electrons. The molecule has 0 rings (SSSR count). The minimum atomic E-state index is -0.791. The molecule has 0 aromatic carbocycles. The minimum Gasteiger partial charge on any atom is -0.462 e. The van der Waals surface area contributed by atoms with Crippen molar-refractivity contribution in [2.45, 2.75) is 290 Å². The van der Waals surface area contributed by atoms with E-state index < -0.39 is 6.10 Å². The van der Waals surface area contributed by atoms with Crippen LogP contribution in [0.3, 0.4) is 0 Å². The minimum absolute atomic E-state index is 0.0886. The van der Waals surface area contributed by atoms with Gasteiger partial charge in [-0.15, -0.1) is 0 Å². The molecule has 0 saturated heterocycles. The highest BCUT2D eigenvalue weighted by molar-refractivity contribution is 5.71. The largest absolute Gasteiger partial charge is 0.462 e. The lowest BCUT2D eigenvalue weighted by molar-refractivity contribution is -0.167. The van der Waals surface area contributed by atoms with Crippen LogP contribution in [-0.4, -0.2) is 37.2 Å². The lowest BCUT2D eigenvalue weighted by Crippen LogP contribution is -2.30. The molecule has 0 aliphatic rings. The third kappa shape index (κ3) is 55.5. The van der Waals surface area contributed by atoms with Crippen molar-refractivity contribution in [1.82, 2.24) is 0 Å². The van der Waals surface area contributed by atoms with E-state index in [-0.39, 0.29) is 31.1 Å². The zero-order valence-electron chi connectivity index (χ0n) is 46.0. The fourth-order valence-electron chi connectivity index (χ4n) is 8.11. The van der Waals surface area contributed by atoms with Crippen LogP contribution in [0, 0.1) is 0 Å². The summed E-state index contributed by atoms with van der Waals surface area (Å²) >= 11 is 0. The molecule has 0 saturated carbocycles. The first-order chi connectivity index (χ1) is 34.5. The molecule has 0 aliphatic heterocycles. The molecule has 6 nitrogen and oxygen atoms in total. The first-order valence-corrected chi connectivity index (χ1v) is 29.6. The predicted molar refractivity (Wildman–Crippen MR) is 302 cm³/mol. The summed E-state index contributed by atoms with van der Waals surface area (Å²) in [5.74, 6) is -0.914. The van der Waals surface area contributed by atoms with Gasteiger partial charge in [0.15, 0.2) is 6.10 Å². The van der Waals surface area contributed by atoms with Crippen molar-refractivity contribution in [1.29, 1.82) is 0 Å². The first-order valence-electron chi connectivity index (χ1n) is 29.6. The van der Waals surface area contributed by atoms with E-state index in [1.54, 1.807) is 0 Å². The van der Waals surface area contributed by atoms with Gasteiger partial charge >= 0.3 is 17.9 Å². The second kappa shape index (κ2) is 58.2. The summed E-state index contributed by atoms with van der Waals surface area (Å²) in [5.41, 5.74) is 0. The molecule has 0 bridgehead atoms. The third-order valence-electron chi connectivity index (χ3n) is 12.6. The number of hydrogen-bond donors (Lipinski definition) is 0. The molecule has 0 amide bonds. The standard InChI is InChI=1S/C64H110O6/c1-4-7-10-13-16-19-22-24-26-28-30-31-32-33-35-36-38-40-42-45-48-51-54-57-63(66)69-60-61(59-68-62(65)56-53-50-47-44-21-18-15-12-9-6-3)70-64(67)58-55-52-49-46-43-41-39-37-34-29-27-25-23-20-17-14-11-8-5-2/h12,15,17,20,22,24-25,27-28,30,32-34,37,61H,4-11,13-14,16,18-19,21,23,26,29,31,35-36,38-60H2,1-3H3/b15-12-,20-17-,24-22-,27-25-,30-28-,33-32-,37-34-. The molecule has 70 heavy (non-hydrogen) atoms. The molecular formula is C64H110O6. The fraction of sp³-hybridized carbons (Fsp3) is 0.734. The number of carbonyl (C=O) groups excluding carboxylic acids is 3. The van der Waals surface area contributed by atoms with Gasteiger partial charge in [-0.05, 0) is 116 Å². The van der Waals surface area contributed by atoms with E-state index in [1.165, 1.54) is 122 Å². The molecule has 0 aromatic heterocycles. The van der Waals surface area contributed by atoms with Gasteiger partial charge in [-0.2, -0.15) is 0 Å². The van der Waals surface area contributed by atoms with Gasteiger partial charge < -0.3 is 14.2 Å². The van der Waals surface area contributed by atoms with Crippen LogP contribution in [0.5, 0.6) is 0 Å². The first kappa shape index (κ1) is 66.6. The molecule has 0 aromatic rings. The van der Waals surface area contributed by atoms with E-state index >= 15 is 0 Å². The summed E-state index contributed by atoms with van der Waals surface area (Å²) in [6.45, 7) is 6.53. The lowest BCUT2D eigenvalue weighted by Gasteiger charge is -2.18. The lowest BCUT2D eigenvalue weighted by atomic mass is 10.1. The second-order valence-corrected chi connectivity index (χ2v) is 19.5. The van der Waals surface area contributed by atoms with Crippen LogP contribution in [-0.2, 0) is 28.6 Å². The summed E-state index contributed by atoms with van der Waals surface area (Å²) in [5, 5.41) is 0. The van der Waals surface area contributed by atoms with Crippen molar-refractivity contribution < 1.29 is 28.6 Å². The maximum atomic E-state index is 12.9. The molecule has 1 unspecified atom stereocenters. The summed E-state index contributed by atoms with van der Waals surface area (Å²) in [6.07, 6.45) is 75.8. The Morgan fingerprint density at radius 3 is 0.900 bits per heavy atom. The molecule has 0 fully saturated rings. The van der Waals surface area contributed by atoms with Gasteiger partial charge in [0, 0.05) is 19.3 Å². The van der Waals surface area contributed by atoms with E-state index in [4.69, 9.17) is 14.2 Å². The highest BCUT2D eigenvalue weighted by Crippen LogP contribution is 2.15. The Morgan fingerprint density at radius 1 is 0.286 bits per heavy atom. The van der Waals surface area contributed by atoms with Crippen LogP contribution < -0.4 is 0 Å². The molecule has 0 spiro atoms. The van der Waals surface area contributed by atoms with E-state index in [9.17, 15) is 14.4 Å². The van der Waals surface area contributed by atoms with Crippen LogP contribution in [0.25, 0.3) is 0 Å². The Kier molecular flexibility index (Phi) is 55.3. The number of carbonyl (C=O) groups is 3. The maximum absolute atomic E-state index is 12.9. The van der Waals surface area contributed by atoms with Crippen LogP contribution in [0.2, 0.25) is 0 Å². The monoisotopic (exact) mass is 975 g/mol. The average molecular weight is 976 g/mol. The fourth-order valence-corrected chi connectivity index (χ4v) is 8.11. The van der Waals surface area contributed by atoms with Crippen LogP contribution in [0.15, 0.2) is 85.1 Å². The van der Waals surface area contributed by atoms with Gasteiger partial charge in [0.2, 0.25) is 0 Å². The van der Waals surface area contributed by atoms with Crippen molar-refractivity contribution in [2.75, 3.05) is 13.2 Å². The van der Waals surface area contributed by atoms with Gasteiger partial charge in [0.05, 0.1) is 0 Å². The number of hydrogen-bond acceptors (Lipinski definition) is 6. The van der Waals surface area contributed by atoms with Gasteiger partial charge in [0.1, 0.15) is 13.2 Å². The Labute approximate surface area is 433 Å². The van der Waals surface area contributed by atoms with Gasteiger partial charge in [-0.3, -0.25) is 14.4 Å². The van der Waals surface area contributed by atoms with Gasteiger partial charge in [-0.1, -0.05) is 234 Å². The molecule has 402 valence electrons. The summed E-state index contributed by atoms with van der Waals surface area (Å²) in [4.78, 5) is 38.1. The summed E-state index contributed by atoms with van der Waals surface area (Å²) < 4.78 is 16.8. The SMILES string of the molecule is CCC/C=C\CCCCCCCC(=O)OCC(COC(=O)CCCCCCCCCC/C=C\C/C=C\C/C=C\CCCCCCC)OC(=O)CCCCCCCC/C=C\C/C=C\C/C=C\CCCCC.